The van der Waals surface area contributed by atoms with Crippen molar-refractivity contribution in [2.45, 2.75) is 12.8 Å². The lowest BCUT2D eigenvalue weighted by Crippen LogP contribution is -2.16. The van der Waals surface area contributed by atoms with Gasteiger partial charge < -0.3 is 5.11 Å². The molecule has 0 fully saturated rings. The fourth-order valence-electron chi connectivity index (χ4n) is 0.415. The molecule has 5 heteroatoms. The molecule has 0 bridgehead atoms. The molecule has 0 aliphatic heterocycles. The summed E-state index contributed by atoms with van der Waals surface area (Å²) in [6, 6.07) is 0. The molecule has 0 atom stereocenters. The zero-order valence-electron chi connectivity index (χ0n) is 5.08. The van der Waals surface area contributed by atoms with Gasteiger partial charge in [0.05, 0.1) is 5.75 Å². The van der Waals surface area contributed by atoms with Crippen LogP contribution >= 0.6 is 0 Å². The van der Waals surface area contributed by atoms with Crippen molar-refractivity contribution < 1.29 is 13.5 Å². The Morgan fingerprint density at radius 3 is 2.22 bits per heavy atom. The third-order valence-corrected chi connectivity index (χ3v) is 1.69. The van der Waals surface area contributed by atoms with Gasteiger partial charge in [0.25, 0.3) is 0 Å². The Kier molecular flexibility index (Phi) is 3.76. The quantitative estimate of drug-likeness (QED) is 0.511. The van der Waals surface area contributed by atoms with Crippen LogP contribution in [0.4, 0.5) is 0 Å². The molecule has 0 aromatic rings. The van der Waals surface area contributed by atoms with Crippen molar-refractivity contribution in [3.8, 4) is 0 Å². The predicted octanol–water partition coefficient (Wildman–Crippen LogP) is -0.953. The second-order valence-corrected chi connectivity index (χ2v) is 3.53. The van der Waals surface area contributed by atoms with Crippen LogP contribution in [0.2, 0.25) is 0 Å². The number of unbranched alkanes of at least 4 members (excludes halogenated alkanes) is 1. The van der Waals surface area contributed by atoms with E-state index in [1.54, 1.807) is 0 Å². The summed E-state index contributed by atoms with van der Waals surface area (Å²) in [4.78, 5) is 0. The van der Waals surface area contributed by atoms with Gasteiger partial charge >= 0.3 is 0 Å². The van der Waals surface area contributed by atoms with E-state index in [2.05, 4.69) is 5.14 Å². The summed E-state index contributed by atoms with van der Waals surface area (Å²) in [5.41, 5.74) is 0. The smallest absolute Gasteiger partial charge is 0.209 e. The summed E-state index contributed by atoms with van der Waals surface area (Å²) in [6.45, 7) is 0.0233. The van der Waals surface area contributed by atoms with Crippen LogP contribution in [0.3, 0.4) is 0 Å². The summed E-state index contributed by atoms with van der Waals surface area (Å²) in [7, 11) is -3.31. The summed E-state index contributed by atoms with van der Waals surface area (Å²) in [6.07, 6.45) is 0.936. The number of nitrogens with two attached hydrogens (primary N) is 1. The summed E-state index contributed by atoms with van der Waals surface area (Å²) >= 11 is 0. The Morgan fingerprint density at radius 2 is 1.89 bits per heavy atom. The predicted molar refractivity (Wildman–Crippen MR) is 34.3 cm³/mol. The Balaban J connectivity index is 3.30. The molecule has 56 valence electrons. The van der Waals surface area contributed by atoms with Crippen molar-refractivity contribution >= 4 is 10.0 Å². The van der Waals surface area contributed by atoms with Gasteiger partial charge in [0.15, 0.2) is 0 Å². The van der Waals surface area contributed by atoms with Crippen LogP contribution in [-0.4, -0.2) is 25.9 Å². The molecule has 0 unspecified atom stereocenters. The van der Waals surface area contributed by atoms with E-state index in [0.717, 1.165) is 0 Å². The third kappa shape index (κ3) is 7.87. The van der Waals surface area contributed by atoms with Gasteiger partial charge in [0, 0.05) is 6.61 Å². The first-order chi connectivity index (χ1) is 4.06. The maximum atomic E-state index is 10.2. The van der Waals surface area contributed by atoms with E-state index in [0.29, 0.717) is 12.8 Å². The molecule has 0 aromatic carbocycles. The number of hydrogen-bond acceptors (Lipinski definition) is 3. The summed E-state index contributed by atoms with van der Waals surface area (Å²) in [5, 5.41) is 12.9. The second-order valence-electron chi connectivity index (χ2n) is 1.80. The molecule has 0 aromatic heterocycles. The lowest BCUT2D eigenvalue weighted by Gasteiger charge is -1.93. The van der Waals surface area contributed by atoms with Crippen LogP contribution in [0.25, 0.3) is 0 Å². The van der Waals surface area contributed by atoms with Crippen LogP contribution < -0.4 is 5.14 Å². The lowest BCUT2D eigenvalue weighted by atomic mass is 10.4. The zero-order chi connectivity index (χ0) is 7.33. The van der Waals surface area contributed by atoms with E-state index in [1.165, 1.54) is 0 Å². The first kappa shape index (κ1) is 8.87. The first-order valence-electron chi connectivity index (χ1n) is 2.67. The molecule has 9 heavy (non-hydrogen) atoms. The molecule has 0 aliphatic carbocycles. The maximum Gasteiger partial charge on any atom is 0.209 e. The standard InChI is InChI=1S/C4H11NO3S/c5-9(7,8)4-2-1-3-6/h6H,1-4H2,(H2,5,7,8). The molecule has 0 aliphatic rings. The third-order valence-electron chi connectivity index (χ3n) is 0.837. The van der Waals surface area contributed by atoms with Gasteiger partial charge in [-0.25, -0.2) is 13.6 Å². The van der Waals surface area contributed by atoms with Gasteiger partial charge in [-0.3, -0.25) is 0 Å². The van der Waals surface area contributed by atoms with E-state index >= 15 is 0 Å². The topological polar surface area (TPSA) is 80.4 Å². The average Bonchev–Trinajstić information content (AvgIpc) is 1.63. The minimum Gasteiger partial charge on any atom is -0.396 e. The zero-order valence-corrected chi connectivity index (χ0v) is 5.89. The van der Waals surface area contributed by atoms with Gasteiger partial charge in [0.2, 0.25) is 10.0 Å². The molecule has 0 saturated heterocycles. The van der Waals surface area contributed by atoms with Crippen LogP contribution in [0, 0.1) is 0 Å². The molecule has 3 N–H and O–H groups in total. The van der Waals surface area contributed by atoms with Gasteiger partial charge in [-0.05, 0) is 12.8 Å². The molecule has 4 nitrogen and oxygen atoms in total. The Labute approximate surface area is 54.7 Å². The molecular formula is C4H11NO3S. The van der Waals surface area contributed by atoms with E-state index in [1.807, 2.05) is 0 Å². The van der Waals surface area contributed by atoms with Crippen molar-refractivity contribution in [2.24, 2.45) is 5.14 Å². The first-order valence-corrected chi connectivity index (χ1v) is 4.39. The van der Waals surface area contributed by atoms with Gasteiger partial charge in [0.1, 0.15) is 0 Å². The fourth-order valence-corrected chi connectivity index (χ4v) is 1.02. The van der Waals surface area contributed by atoms with Crippen molar-refractivity contribution in [3.63, 3.8) is 0 Å². The van der Waals surface area contributed by atoms with Crippen LogP contribution in [0.1, 0.15) is 12.8 Å². The monoisotopic (exact) mass is 153 g/mol. The van der Waals surface area contributed by atoms with Gasteiger partial charge in [-0.2, -0.15) is 0 Å². The van der Waals surface area contributed by atoms with E-state index in [4.69, 9.17) is 5.11 Å². The van der Waals surface area contributed by atoms with Crippen molar-refractivity contribution in [2.75, 3.05) is 12.4 Å². The molecule has 0 radical (unpaired) electrons. The number of primary sulfonamides is 1. The summed E-state index contributed by atoms with van der Waals surface area (Å²) in [5.74, 6) is -0.0342. The van der Waals surface area contributed by atoms with Crippen LogP contribution in [-0.2, 0) is 10.0 Å². The Bertz CT molecular complexity index is 151. The number of hydrogen-bond donors (Lipinski definition) is 2. The fraction of sp³-hybridized carbons (Fsp3) is 1.00. The Hall–Kier alpha value is -0.130. The van der Waals surface area contributed by atoms with Crippen LogP contribution in [0.15, 0.2) is 0 Å². The molecule has 0 spiro atoms. The normalized spacial score (nSPS) is 11.8. The molecule has 0 saturated carbocycles. The van der Waals surface area contributed by atoms with Crippen molar-refractivity contribution in [1.29, 1.82) is 0 Å². The molecule has 0 amide bonds. The SMILES string of the molecule is NS(=O)(=O)CCCCO. The average molecular weight is 153 g/mol. The van der Waals surface area contributed by atoms with Gasteiger partial charge in [-0.15, -0.1) is 0 Å². The van der Waals surface area contributed by atoms with Crippen molar-refractivity contribution in [1.82, 2.24) is 0 Å². The molecular weight excluding hydrogens is 142 g/mol. The van der Waals surface area contributed by atoms with Crippen LogP contribution in [0.5, 0.6) is 0 Å². The van der Waals surface area contributed by atoms with E-state index < -0.39 is 10.0 Å². The van der Waals surface area contributed by atoms with E-state index in [-0.39, 0.29) is 12.4 Å². The highest BCUT2D eigenvalue weighted by atomic mass is 32.2. The minimum atomic E-state index is -3.31. The number of aliphatic hydroxyl groups is 1. The largest absolute Gasteiger partial charge is 0.396 e. The maximum absolute atomic E-state index is 10.2. The highest BCUT2D eigenvalue weighted by molar-refractivity contribution is 7.89. The van der Waals surface area contributed by atoms with Gasteiger partial charge in [-0.1, -0.05) is 0 Å². The molecule has 0 heterocycles. The highest BCUT2D eigenvalue weighted by Gasteiger charge is 1.99. The molecule has 0 rings (SSSR count). The summed E-state index contributed by atoms with van der Waals surface area (Å²) < 4.78 is 20.4. The second kappa shape index (κ2) is 3.81. The number of rotatable bonds is 4. The highest BCUT2D eigenvalue weighted by Crippen LogP contribution is 1.89. The lowest BCUT2D eigenvalue weighted by molar-refractivity contribution is 0.287. The number of aliphatic hydroxyl groups excluding tert-OH is 1. The minimum absolute atomic E-state index is 0.0233. The Morgan fingerprint density at radius 1 is 1.33 bits per heavy atom. The number of sulfonamides is 1. The van der Waals surface area contributed by atoms with Crippen molar-refractivity contribution in [3.05, 3.63) is 0 Å². The van der Waals surface area contributed by atoms with E-state index in [9.17, 15) is 8.42 Å².